The molecular formula is C12H10N3. The first-order valence-electron chi connectivity index (χ1n) is 4.63. The zero-order chi connectivity index (χ0) is 10.7. The summed E-state index contributed by atoms with van der Waals surface area (Å²) < 4.78 is 0. The Hall–Kier alpha value is -2.08. The maximum absolute atomic E-state index is 8.67. The Kier molecular flexibility index (Phi) is 2.51. The van der Waals surface area contributed by atoms with E-state index in [0.717, 1.165) is 16.5 Å². The third kappa shape index (κ3) is 1.89. The van der Waals surface area contributed by atoms with Gasteiger partial charge in [-0.25, -0.2) is 0 Å². The molecule has 73 valence electrons. The first kappa shape index (κ1) is 9.47. The van der Waals surface area contributed by atoms with E-state index in [1.54, 1.807) is 12.4 Å². The van der Waals surface area contributed by atoms with Gasteiger partial charge in [0.2, 0.25) is 0 Å². The lowest BCUT2D eigenvalue weighted by atomic mass is 10.1. The van der Waals surface area contributed by atoms with Gasteiger partial charge in [-0.3, -0.25) is 4.98 Å². The predicted octanol–water partition coefficient (Wildman–Crippen LogP) is 2.37. The minimum Gasteiger partial charge on any atom is -0.368 e. The zero-order valence-electron chi connectivity index (χ0n) is 8.14. The second-order valence-corrected chi connectivity index (χ2v) is 3.23. The Labute approximate surface area is 88.4 Å². The molecule has 1 heterocycles. The molecule has 1 radical (unpaired) electrons. The molecule has 1 aromatic carbocycles. The summed E-state index contributed by atoms with van der Waals surface area (Å²) in [6.07, 6.45) is 3.50. The number of nitriles is 1. The smallest absolute Gasteiger partial charge is 0.114 e. The number of fused-ring (bicyclic) bond motifs is 1. The quantitative estimate of drug-likeness (QED) is 0.802. The van der Waals surface area contributed by atoms with E-state index in [2.05, 4.69) is 17.2 Å². The molecule has 1 unspecified atom stereocenters. The van der Waals surface area contributed by atoms with Crippen molar-refractivity contribution in [3.63, 3.8) is 0 Å². The number of hydrogen-bond acceptors (Lipinski definition) is 3. The van der Waals surface area contributed by atoms with Crippen molar-refractivity contribution in [3.8, 4) is 6.07 Å². The topological polar surface area (TPSA) is 48.7 Å². The van der Waals surface area contributed by atoms with E-state index in [0.29, 0.717) is 0 Å². The van der Waals surface area contributed by atoms with Gasteiger partial charge < -0.3 is 5.32 Å². The summed E-state index contributed by atoms with van der Waals surface area (Å²) in [5.41, 5.74) is 0.842. The molecule has 2 aromatic rings. The summed E-state index contributed by atoms with van der Waals surface area (Å²) in [4.78, 5) is 4.10. The molecule has 0 aliphatic carbocycles. The molecule has 3 nitrogen and oxygen atoms in total. The number of rotatable bonds is 2. The summed E-state index contributed by atoms with van der Waals surface area (Å²) >= 11 is 0. The summed E-state index contributed by atoms with van der Waals surface area (Å²) in [7, 11) is 0. The summed E-state index contributed by atoms with van der Waals surface area (Å²) in [6.45, 7) is 3.66. The van der Waals surface area contributed by atoms with Gasteiger partial charge in [0.25, 0.3) is 0 Å². The highest BCUT2D eigenvalue weighted by Gasteiger charge is 2.03. The van der Waals surface area contributed by atoms with Gasteiger partial charge in [0, 0.05) is 17.0 Å². The van der Waals surface area contributed by atoms with Crippen LogP contribution in [0.15, 0.2) is 36.7 Å². The molecule has 1 N–H and O–H groups in total. The van der Waals surface area contributed by atoms with Gasteiger partial charge in [0.05, 0.1) is 18.0 Å². The van der Waals surface area contributed by atoms with E-state index in [-0.39, 0.29) is 0 Å². The lowest BCUT2D eigenvalue weighted by molar-refractivity contribution is 1.11. The van der Waals surface area contributed by atoms with Crippen LogP contribution in [0.1, 0.15) is 0 Å². The van der Waals surface area contributed by atoms with Crippen molar-refractivity contribution in [2.75, 3.05) is 5.32 Å². The van der Waals surface area contributed by atoms with E-state index in [1.165, 1.54) is 0 Å². The third-order valence-electron chi connectivity index (χ3n) is 2.15. The van der Waals surface area contributed by atoms with Gasteiger partial charge in [-0.1, -0.05) is 24.3 Å². The summed E-state index contributed by atoms with van der Waals surface area (Å²) in [5.74, 6) is 0. The van der Waals surface area contributed by atoms with Crippen molar-refractivity contribution in [1.29, 1.82) is 5.26 Å². The van der Waals surface area contributed by atoms with Crippen LogP contribution in [0.25, 0.3) is 10.8 Å². The number of pyridine rings is 1. The Morgan fingerprint density at radius 1 is 1.33 bits per heavy atom. The Bertz CT molecular complexity index is 508. The predicted molar refractivity (Wildman–Crippen MR) is 60.1 cm³/mol. The van der Waals surface area contributed by atoms with Crippen molar-refractivity contribution in [2.45, 2.75) is 6.04 Å². The first-order valence-corrected chi connectivity index (χ1v) is 4.63. The minimum atomic E-state index is -0.461. The van der Waals surface area contributed by atoms with E-state index >= 15 is 0 Å². The van der Waals surface area contributed by atoms with Crippen molar-refractivity contribution >= 4 is 16.5 Å². The number of anilines is 1. The van der Waals surface area contributed by atoms with Gasteiger partial charge in [-0.2, -0.15) is 5.26 Å². The Balaban J connectivity index is 2.48. The van der Waals surface area contributed by atoms with Crippen LogP contribution in [0.4, 0.5) is 5.69 Å². The maximum atomic E-state index is 8.67. The fourth-order valence-corrected chi connectivity index (χ4v) is 1.45. The highest BCUT2D eigenvalue weighted by molar-refractivity contribution is 5.92. The molecule has 2 rings (SSSR count). The van der Waals surface area contributed by atoms with Gasteiger partial charge in [0.15, 0.2) is 0 Å². The molecular weight excluding hydrogens is 186 g/mol. The van der Waals surface area contributed by atoms with Crippen molar-refractivity contribution < 1.29 is 0 Å². The van der Waals surface area contributed by atoms with Crippen molar-refractivity contribution in [1.82, 2.24) is 4.98 Å². The lowest BCUT2D eigenvalue weighted by Gasteiger charge is -2.09. The van der Waals surface area contributed by atoms with E-state index in [9.17, 15) is 0 Å². The SMILES string of the molecule is [CH2]C(C#N)Nc1cncc2ccccc12. The highest BCUT2D eigenvalue weighted by Crippen LogP contribution is 2.21. The van der Waals surface area contributed by atoms with Crippen molar-refractivity contribution in [3.05, 3.63) is 43.6 Å². The number of aromatic nitrogens is 1. The number of nitrogens with zero attached hydrogens (tertiary/aromatic N) is 2. The van der Waals surface area contributed by atoms with E-state index in [4.69, 9.17) is 5.26 Å². The first-order chi connectivity index (χ1) is 7.31. The van der Waals surface area contributed by atoms with Crippen LogP contribution in [0, 0.1) is 18.3 Å². The van der Waals surface area contributed by atoms with Crippen molar-refractivity contribution in [2.24, 2.45) is 0 Å². The maximum Gasteiger partial charge on any atom is 0.114 e. The van der Waals surface area contributed by atoms with Crippen LogP contribution in [0.3, 0.4) is 0 Å². The number of nitrogens with one attached hydrogen (secondary N) is 1. The standard InChI is InChI=1S/C12H10N3/c1-9(6-13)15-12-8-14-7-10-4-2-3-5-11(10)12/h2-5,7-9,15H,1H2. The van der Waals surface area contributed by atoms with Gasteiger partial charge >= 0.3 is 0 Å². The molecule has 0 saturated heterocycles. The second kappa shape index (κ2) is 3.97. The van der Waals surface area contributed by atoms with E-state index in [1.807, 2.05) is 30.3 Å². The third-order valence-corrected chi connectivity index (χ3v) is 2.15. The molecule has 3 heteroatoms. The fourth-order valence-electron chi connectivity index (χ4n) is 1.45. The van der Waals surface area contributed by atoms with E-state index < -0.39 is 6.04 Å². The highest BCUT2D eigenvalue weighted by atomic mass is 14.9. The molecule has 0 aliphatic rings. The molecule has 1 aromatic heterocycles. The van der Waals surface area contributed by atoms with Gasteiger partial charge in [-0.15, -0.1) is 0 Å². The second-order valence-electron chi connectivity index (χ2n) is 3.23. The number of hydrogen-bond donors (Lipinski definition) is 1. The Morgan fingerprint density at radius 2 is 2.13 bits per heavy atom. The number of benzene rings is 1. The van der Waals surface area contributed by atoms with Crippen LogP contribution in [-0.2, 0) is 0 Å². The van der Waals surface area contributed by atoms with Crippen LogP contribution in [0.2, 0.25) is 0 Å². The summed E-state index contributed by atoms with van der Waals surface area (Å²) in [6, 6.07) is 9.46. The largest absolute Gasteiger partial charge is 0.368 e. The monoisotopic (exact) mass is 196 g/mol. The summed E-state index contributed by atoms with van der Waals surface area (Å²) in [5, 5.41) is 13.8. The fraction of sp³-hybridized carbons (Fsp3) is 0.0833. The van der Waals surface area contributed by atoms with Crippen LogP contribution in [0.5, 0.6) is 0 Å². The molecule has 15 heavy (non-hydrogen) atoms. The normalized spacial score (nSPS) is 12.0. The Morgan fingerprint density at radius 3 is 2.93 bits per heavy atom. The van der Waals surface area contributed by atoms with Crippen LogP contribution in [-0.4, -0.2) is 11.0 Å². The molecule has 0 fully saturated rings. The molecule has 0 amide bonds. The average Bonchev–Trinajstić information content (AvgIpc) is 2.29. The molecule has 0 saturated carbocycles. The van der Waals surface area contributed by atoms with Crippen LogP contribution < -0.4 is 5.32 Å². The molecule has 0 bridgehead atoms. The zero-order valence-corrected chi connectivity index (χ0v) is 8.14. The average molecular weight is 196 g/mol. The molecule has 0 aliphatic heterocycles. The lowest BCUT2D eigenvalue weighted by Crippen LogP contribution is -2.12. The van der Waals surface area contributed by atoms with Crippen LogP contribution >= 0.6 is 0 Å². The minimum absolute atomic E-state index is 0.461. The molecule has 0 spiro atoms. The van der Waals surface area contributed by atoms with Gasteiger partial charge in [-0.05, 0) is 6.92 Å². The van der Waals surface area contributed by atoms with Gasteiger partial charge in [0.1, 0.15) is 6.04 Å². The molecule has 1 atom stereocenters.